The largest absolute Gasteiger partial charge is 0.497 e. The standard InChI is InChI=1S/C20H24N2O2/c1-3-13-12-22-7-6-14(13)8-19(22)20(23)18-11-21-10-15-4-5-16(24-2)9-17(15)18/h3-5,9-11,13-14,19-20,23H,1,6-8,12H2,2H3/t13-,14-,19-,20+/m0/s1. The first-order valence-corrected chi connectivity index (χ1v) is 8.67. The number of hydrogen-bond donors (Lipinski definition) is 1. The average molecular weight is 324 g/mol. The van der Waals surface area contributed by atoms with Gasteiger partial charge in [-0.25, -0.2) is 0 Å². The summed E-state index contributed by atoms with van der Waals surface area (Å²) in [5, 5.41) is 13.2. The van der Waals surface area contributed by atoms with E-state index < -0.39 is 6.10 Å². The summed E-state index contributed by atoms with van der Waals surface area (Å²) < 4.78 is 5.36. The van der Waals surface area contributed by atoms with Crippen LogP contribution < -0.4 is 4.74 Å². The summed E-state index contributed by atoms with van der Waals surface area (Å²) in [7, 11) is 1.67. The Hall–Kier alpha value is -1.91. The molecule has 0 saturated carbocycles. The Labute approximate surface area is 142 Å². The molecule has 24 heavy (non-hydrogen) atoms. The van der Waals surface area contributed by atoms with E-state index in [4.69, 9.17) is 4.74 Å². The van der Waals surface area contributed by atoms with E-state index in [9.17, 15) is 5.11 Å². The van der Waals surface area contributed by atoms with Gasteiger partial charge in [-0.15, -0.1) is 6.58 Å². The van der Waals surface area contributed by atoms with Crippen molar-refractivity contribution in [1.82, 2.24) is 9.88 Å². The maximum atomic E-state index is 11.1. The van der Waals surface area contributed by atoms with Crippen LogP contribution >= 0.6 is 0 Å². The lowest BCUT2D eigenvalue weighted by Crippen LogP contribution is -2.54. The topological polar surface area (TPSA) is 45.6 Å². The molecule has 126 valence electrons. The molecule has 5 atom stereocenters. The number of aliphatic hydroxyl groups excluding tert-OH is 1. The lowest BCUT2D eigenvalue weighted by atomic mass is 9.73. The van der Waals surface area contributed by atoms with Gasteiger partial charge in [-0.05, 0) is 54.8 Å². The Balaban J connectivity index is 1.69. The predicted molar refractivity (Wildman–Crippen MR) is 95.0 cm³/mol. The molecule has 0 spiro atoms. The molecule has 3 aliphatic rings. The first kappa shape index (κ1) is 15.6. The minimum absolute atomic E-state index is 0.165. The van der Waals surface area contributed by atoms with Crippen molar-refractivity contribution in [2.24, 2.45) is 11.8 Å². The van der Waals surface area contributed by atoms with Crippen LogP contribution in [-0.2, 0) is 0 Å². The molecular formula is C20H24N2O2. The molecule has 1 N–H and O–H groups in total. The Kier molecular flexibility index (Phi) is 4.02. The van der Waals surface area contributed by atoms with E-state index >= 15 is 0 Å². The lowest BCUT2D eigenvalue weighted by molar-refractivity contribution is -0.0445. The first-order valence-electron chi connectivity index (χ1n) is 8.67. The van der Waals surface area contributed by atoms with Gasteiger partial charge in [0.15, 0.2) is 0 Å². The number of hydrogen-bond acceptors (Lipinski definition) is 4. The number of fused-ring (bicyclic) bond motifs is 4. The molecule has 0 amide bonds. The number of pyridine rings is 1. The Morgan fingerprint density at radius 2 is 2.29 bits per heavy atom. The van der Waals surface area contributed by atoms with Crippen LogP contribution in [0.25, 0.3) is 10.8 Å². The SMILES string of the molecule is C=C[C@H]1CN2CC[C@H]1C[C@H]2[C@H](O)c1cncc2ccc(OC)cc12. The maximum absolute atomic E-state index is 11.1. The van der Waals surface area contributed by atoms with Crippen LogP contribution in [0.3, 0.4) is 0 Å². The maximum Gasteiger partial charge on any atom is 0.119 e. The van der Waals surface area contributed by atoms with Gasteiger partial charge in [-0.3, -0.25) is 9.88 Å². The van der Waals surface area contributed by atoms with Crippen LogP contribution in [0, 0.1) is 11.8 Å². The van der Waals surface area contributed by atoms with E-state index in [1.807, 2.05) is 24.4 Å². The fourth-order valence-corrected chi connectivity index (χ4v) is 4.44. The molecule has 0 aliphatic carbocycles. The molecule has 3 saturated heterocycles. The molecule has 4 nitrogen and oxygen atoms in total. The summed E-state index contributed by atoms with van der Waals surface area (Å²) >= 11 is 0. The van der Waals surface area contributed by atoms with Crippen molar-refractivity contribution in [2.45, 2.75) is 25.0 Å². The molecule has 1 aromatic heterocycles. The van der Waals surface area contributed by atoms with E-state index in [2.05, 4.69) is 22.5 Å². The van der Waals surface area contributed by atoms with Crippen molar-refractivity contribution in [1.29, 1.82) is 0 Å². The second-order valence-corrected chi connectivity index (χ2v) is 7.01. The molecule has 2 aromatic rings. The van der Waals surface area contributed by atoms with Crippen LogP contribution in [0.2, 0.25) is 0 Å². The second-order valence-electron chi connectivity index (χ2n) is 7.01. The highest BCUT2D eigenvalue weighted by atomic mass is 16.5. The summed E-state index contributed by atoms with van der Waals surface area (Å²) in [5.74, 6) is 2.01. The molecule has 3 aliphatic heterocycles. The third-order valence-electron chi connectivity index (χ3n) is 5.84. The number of benzene rings is 1. The highest BCUT2D eigenvalue weighted by Crippen LogP contribution is 2.42. The van der Waals surface area contributed by atoms with Gasteiger partial charge in [0.2, 0.25) is 0 Å². The molecule has 4 heterocycles. The summed E-state index contributed by atoms with van der Waals surface area (Å²) in [4.78, 5) is 6.77. The van der Waals surface area contributed by atoms with Crippen LogP contribution in [0.4, 0.5) is 0 Å². The van der Waals surface area contributed by atoms with Crippen molar-refractivity contribution >= 4 is 10.8 Å². The van der Waals surface area contributed by atoms with Crippen molar-refractivity contribution < 1.29 is 9.84 Å². The summed E-state index contributed by atoms with van der Waals surface area (Å²) in [6, 6.07) is 6.09. The molecular weight excluding hydrogens is 300 g/mol. The average Bonchev–Trinajstić information content (AvgIpc) is 2.66. The van der Waals surface area contributed by atoms with Crippen molar-refractivity contribution in [2.75, 3.05) is 20.2 Å². The fourth-order valence-electron chi connectivity index (χ4n) is 4.44. The Morgan fingerprint density at radius 1 is 1.42 bits per heavy atom. The minimum atomic E-state index is -0.526. The van der Waals surface area contributed by atoms with Crippen LogP contribution in [0.1, 0.15) is 24.5 Å². The Bertz CT molecular complexity index is 760. The molecule has 1 unspecified atom stereocenters. The van der Waals surface area contributed by atoms with Crippen LogP contribution in [-0.4, -0.2) is 41.2 Å². The van der Waals surface area contributed by atoms with Gasteiger partial charge >= 0.3 is 0 Å². The summed E-state index contributed by atoms with van der Waals surface area (Å²) in [6.07, 6.45) is 7.44. The normalized spacial score (nSPS) is 30.2. The molecule has 3 fully saturated rings. The van der Waals surface area contributed by atoms with Gasteiger partial charge in [-0.1, -0.05) is 6.08 Å². The highest BCUT2D eigenvalue weighted by Gasteiger charge is 2.42. The van der Waals surface area contributed by atoms with Crippen molar-refractivity contribution in [3.05, 3.63) is 48.8 Å². The number of aliphatic hydroxyl groups is 1. The molecule has 2 bridgehead atoms. The van der Waals surface area contributed by atoms with Gasteiger partial charge in [0.05, 0.1) is 13.2 Å². The summed E-state index contributed by atoms with van der Waals surface area (Å²) in [6.45, 7) is 6.06. The number of ether oxygens (including phenoxy) is 1. The van der Waals surface area contributed by atoms with E-state index in [1.165, 1.54) is 6.42 Å². The fraction of sp³-hybridized carbons (Fsp3) is 0.450. The Morgan fingerprint density at radius 3 is 3.00 bits per heavy atom. The van der Waals surface area contributed by atoms with Gasteiger partial charge in [0.25, 0.3) is 0 Å². The number of rotatable bonds is 4. The third-order valence-corrected chi connectivity index (χ3v) is 5.84. The number of aromatic nitrogens is 1. The third kappa shape index (κ3) is 2.50. The zero-order chi connectivity index (χ0) is 16.7. The lowest BCUT2D eigenvalue weighted by Gasteiger charge is -2.50. The van der Waals surface area contributed by atoms with Gasteiger partial charge < -0.3 is 9.84 Å². The molecule has 4 heteroatoms. The van der Waals surface area contributed by atoms with E-state index in [1.54, 1.807) is 13.3 Å². The predicted octanol–water partition coefficient (Wildman–Crippen LogP) is 3.17. The van der Waals surface area contributed by atoms with Crippen LogP contribution in [0.5, 0.6) is 5.75 Å². The van der Waals surface area contributed by atoms with Crippen LogP contribution in [0.15, 0.2) is 43.2 Å². The van der Waals surface area contributed by atoms with Gasteiger partial charge in [0, 0.05) is 35.9 Å². The van der Waals surface area contributed by atoms with Crippen molar-refractivity contribution in [3.8, 4) is 5.75 Å². The van der Waals surface area contributed by atoms with Gasteiger partial charge in [0.1, 0.15) is 5.75 Å². The van der Waals surface area contributed by atoms with Crippen molar-refractivity contribution in [3.63, 3.8) is 0 Å². The zero-order valence-corrected chi connectivity index (χ0v) is 14.1. The number of methoxy groups -OCH3 is 1. The van der Waals surface area contributed by atoms with E-state index in [-0.39, 0.29) is 6.04 Å². The van der Waals surface area contributed by atoms with E-state index in [0.29, 0.717) is 11.8 Å². The molecule has 5 rings (SSSR count). The number of nitrogens with zero attached hydrogens (tertiary/aromatic N) is 2. The monoisotopic (exact) mass is 324 g/mol. The second kappa shape index (κ2) is 6.19. The number of piperidine rings is 3. The minimum Gasteiger partial charge on any atom is -0.497 e. The van der Waals surface area contributed by atoms with Gasteiger partial charge in [-0.2, -0.15) is 0 Å². The zero-order valence-electron chi connectivity index (χ0n) is 14.1. The summed E-state index contributed by atoms with van der Waals surface area (Å²) in [5.41, 5.74) is 0.902. The van der Waals surface area contributed by atoms with E-state index in [0.717, 1.165) is 41.6 Å². The molecule has 0 radical (unpaired) electrons. The smallest absolute Gasteiger partial charge is 0.119 e. The highest BCUT2D eigenvalue weighted by molar-refractivity contribution is 5.86. The first-order chi connectivity index (χ1) is 11.7. The quantitative estimate of drug-likeness (QED) is 0.878. The molecule has 1 aromatic carbocycles.